The Morgan fingerprint density at radius 1 is 1.40 bits per heavy atom. The van der Waals surface area contributed by atoms with Crippen LogP contribution in [0.15, 0.2) is 0 Å². The topological polar surface area (TPSA) is 49.4 Å². The summed E-state index contributed by atoms with van der Waals surface area (Å²) < 4.78 is 0. The van der Waals surface area contributed by atoms with Crippen LogP contribution in [0.2, 0.25) is 0 Å². The maximum Gasteiger partial charge on any atom is 0.222 e. The number of hydrogen-bond acceptors (Lipinski definition) is 2. The Bertz CT molecular complexity index is 233. The summed E-state index contributed by atoms with van der Waals surface area (Å²) in [6.07, 6.45) is 2.97. The van der Waals surface area contributed by atoms with E-state index in [4.69, 9.17) is 0 Å². The Balaban J connectivity index is 2.28. The van der Waals surface area contributed by atoms with Crippen molar-refractivity contribution in [1.29, 1.82) is 0 Å². The van der Waals surface area contributed by atoms with Crippen LogP contribution >= 0.6 is 15.9 Å². The summed E-state index contributed by atoms with van der Waals surface area (Å²) in [5.74, 6) is 0.221. The number of hydrogen-bond donors (Lipinski definition) is 1. The Morgan fingerprint density at radius 3 is 2.93 bits per heavy atom. The van der Waals surface area contributed by atoms with Gasteiger partial charge in [0.25, 0.3) is 0 Å². The summed E-state index contributed by atoms with van der Waals surface area (Å²) in [6.45, 7) is 1.81. The maximum absolute atomic E-state index is 11.7. The van der Waals surface area contributed by atoms with Crippen LogP contribution in [0.5, 0.6) is 0 Å². The first kappa shape index (κ1) is 12.5. The maximum atomic E-state index is 11.7. The van der Waals surface area contributed by atoms with Crippen molar-refractivity contribution in [1.82, 2.24) is 10.2 Å². The molecule has 0 atom stereocenters. The van der Waals surface area contributed by atoms with E-state index >= 15 is 0 Å². The van der Waals surface area contributed by atoms with E-state index in [1.165, 1.54) is 0 Å². The molecule has 1 N–H and O–H groups in total. The van der Waals surface area contributed by atoms with E-state index in [9.17, 15) is 9.59 Å². The third kappa shape index (κ3) is 4.64. The summed E-state index contributed by atoms with van der Waals surface area (Å²) in [6, 6.07) is 0. The summed E-state index contributed by atoms with van der Waals surface area (Å²) in [7, 11) is 0. The van der Waals surface area contributed by atoms with Crippen LogP contribution in [0, 0.1) is 0 Å². The summed E-state index contributed by atoms with van der Waals surface area (Å²) in [5, 5.41) is 3.70. The number of alkyl halides is 1. The second kappa shape index (κ2) is 6.82. The average molecular weight is 277 g/mol. The molecule has 0 unspecified atom stereocenters. The molecule has 1 rings (SSSR count). The molecule has 5 heteroatoms. The lowest BCUT2D eigenvalue weighted by molar-refractivity contribution is -0.131. The number of carbonyl (C=O) groups excluding carboxylic acids is 2. The number of nitrogens with one attached hydrogen (secondary N) is 1. The lowest BCUT2D eigenvalue weighted by atomic mass is 10.2. The minimum Gasteiger partial charge on any atom is -0.354 e. The fourth-order valence-corrected chi connectivity index (χ4v) is 1.94. The van der Waals surface area contributed by atoms with Gasteiger partial charge >= 0.3 is 0 Å². The molecule has 0 aliphatic carbocycles. The van der Waals surface area contributed by atoms with Crippen molar-refractivity contribution in [2.45, 2.75) is 25.7 Å². The van der Waals surface area contributed by atoms with Gasteiger partial charge in [-0.2, -0.15) is 0 Å². The first-order valence-electron chi connectivity index (χ1n) is 5.34. The lowest BCUT2D eigenvalue weighted by Gasteiger charge is -2.19. The fraction of sp³-hybridized carbons (Fsp3) is 0.800. The molecule has 1 fully saturated rings. The SMILES string of the molecule is O=C1CCN(C(=O)CCCCBr)CCN1. The van der Waals surface area contributed by atoms with Gasteiger partial charge in [0.2, 0.25) is 11.8 Å². The second-order valence-corrected chi connectivity index (χ2v) is 4.42. The number of carbonyl (C=O) groups is 2. The van der Waals surface area contributed by atoms with Gasteiger partial charge in [0, 0.05) is 37.8 Å². The van der Waals surface area contributed by atoms with Crippen LogP contribution in [0.1, 0.15) is 25.7 Å². The molecule has 0 radical (unpaired) electrons. The highest BCUT2D eigenvalue weighted by Gasteiger charge is 2.17. The van der Waals surface area contributed by atoms with Crippen molar-refractivity contribution in [2.24, 2.45) is 0 Å². The molecule has 1 heterocycles. The molecule has 0 aromatic carbocycles. The number of nitrogens with zero attached hydrogens (tertiary/aromatic N) is 1. The largest absolute Gasteiger partial charge is 0.354 e. The van der Waals surface area contributed by atoms with Crippen LogP contribution in [-0.2, 0) is 9.59 Å². The van der Waals surface area contributed by atoms with Crippen LogP contribution in [0.3, 0.4) is 0 Å². The average Bonchev–Trinajstić information content (AvgIpc) is 2.43. The van der Waals surface area contributed by atoms with E-state index in [2.05, 4.69) is 21.2 Å². The van der Waals surface area contributed by atoms with Crippen molar-refractivity contribution in [3.05, 3.63) is 0 Å². The number of unbranched alkanes of at least 4 members (excludes halogenated alkanes) is 1. The standard InChI is InChI=1S/C10H17BrN2O2/c11-5-2-1-3-10(15)13-7-4-9(14)12-6-8-13/h1-8H2,(H,12,14). The normalized spacial score (nSPS) is 17.1. The Morgan fingerprint density at radius 2 is 2.20 bits per heavy atom. The molecule has 2 amide bonds. The molecule has 4 nitrogen and oxygen atoms in total. The van der Waals surface area contributed by atoms with Gasteiger partial charge in [0.15, 0.2) is 0 Å². The molecular weight excluding hydrogens is 260 g/mol. The highest BCUT2D eigenvalue weighted by Crippen LogP contribution is 2.04. The van der Waals surface area contributed by atoms with Crippen LogP contribution in [0.25, 0.3) is 0 Å². The molecule has 1 aliphatic rings. The van der Waals surface area contributed by atoms with E-state index in [1.807, 2.05) is 0 Å². The smallest absolute Gasteiger partial charge is 0.222 e. The number of rotatable bonds is 4. The first-order chi connectivity index (χ1) is 7.24. The number of amides is 2. The predicted octanol–water partition coefficient (Wildman–Crippen LogP) is 0.900. The Labute approximate surface area is 98.5 Å². The van der Waals surface area contributed by atoms with Crippen LogP contribution in [0.4, 0.5) is 0 Å². The quantitative estimate of drug-likeness (QED) is 0.613. The van der Waals surface area contributed by atoms with Crippen molar-refractivity contribution in [3.63, 3.8) is 0 Å². The molecule has 0 saturated carbocycles. The van der Waals surface area contributed by atoms with E-state index in [0.717, 1.165) is 18.2 Å². The molecule has 15 heavy (non-hydrogen) atoms. The fourth-order valence-electron chi connectivity index (χ4n) is 1.55. The third-order valence-electron chi connectivity index (χ3n) is 2.44. The highest BCUT2D eigenvalue weighted by atomic mass is 79.9. The zero-order chi connectivity index (χ0) is 11.1. The van der Waals surface area contributed by atoms with Gasteiger partial charge in [-0.15, -0.1) is 0 Å². The van der Waals surface area contributed by atoms with Gasteiger partial charge in [-0.3, -0.25) is 9.59 Å². The van der Waals surface area contributed by atoms with Gasteiger partial charge < -0.3 is 10.2 Å². The molecule has 0 aromatic heterocycles. The Hall–Kier alpha value is -0.580. The van der Waals surface area contributed by atoms with Gasteiger partial charge in [-0.25, -0.2) is 0 Å². The molecular formula is C10H17BrN2O2. The zero-order valence-electron chi connectivity index (χ0n) is 8.80. The van der Waals surface area contributed by atoms with E-state index < -0.39 is 0 Å². The minimum atomic E-state index is 0.0470. The Kier molecular flexibility index (Phi) is 5.68. The molecule has 86 valence electrons. The summed E-state index contributed by atoms with van der Waals surface area (Å²) >= 11 is 3.34. The van der Waals surface area contributed by atoms with Crippen LogP contribution in [-0.4, -0.2) is 41.7 Å². The van der Waals surface area contributed by atoms with Crippen molar-refractivity contribution in [2.75, 3.05) is 25.0 Å². The zero-order valence-corrected chi connectivity index (χ0v) is 10.4. The van der Waals surface area contributed by atoms with Gasteiger partial charge in [-0.05, 0) is 12.8 Å². The number of halogens is 1. The van der Waals surface area contributed by atoms with Crippen molar-refractivity contribution >= 4 is 27.7 Å². The third-order valence-corrected chi connectivity index (χ3v) is 3.00. The highest BCUT2D eigenvalue weighted by molar-refractivity contribution is 9.09. The summed E-state index contributed by atoms with van der Waals surface area (Å²) in [5.41, 5.74) is 0. The minimum absolute atomic E-state index is 0.0470. The predicted molar refractivity (Wildman–Crippen MR) is 61.9 cm³/mol. The first-order valence-corrected chi connectivity index (χ1v) is 6.46. The van der Waals surface area contributed by atoms with Gasteiger partial charge in [0.1, 0.15) is 0 Å². The van der Waals surface area contributed by atoms with Crippen molar-refractivity contribution in [3.8, 4) is 0 Å². The van der Waals surface area contributed by atoms with E-state index in [1.54, 1.807) is 4.90 Å². The monoisotopic (exact) mass is 276 g/mol. The van der Waals surface area contributed by atoms with Gasteiger partial charge in [0.05, 0.1) is 0 Å². The molecule has 1 saturated heterocycles. The summed E-state index contributed by atoms with van der Waals surface area (Å²) in [4.78, 5) is 24.5. The van der Waals surface area contributed by atoms with Crippen molar-refractivity contribution < 1.29 is 9.59 Å². The molecule has 0 spiro atoms. The second-order valence-electron chi connectivity index (χ2n) is 3.63. The van der Waals surface area contributed by atoms with Gasteiger partial charge in [-0.1, -0.05) is 15.9 Å². The van der Waals surface area contributed by atoms with E-state index in [-0.39, 0.29) is 11.8 Å². The molecule has 0 bridgehead atoms. The van der Waals surface area contributed by atoms with Crippen LogP contribution < -0.4 is 5.32 Å². The van der Waals surface area contributed by atoms with E-state index in [0.29, 0.717) is 32.5 Å². The molecule has 0 aromatic rings. The lowest BCUT2D eigenvalue weighted by Crippen LogP contribution is -2.34. The molecule has 1 aliphatic heterocycles.